The highest BCUT2D eigenvalue weighted by molar-refractivity contribution is 5.92. The normalized spacial score (nSPS) is 10.5. The van der Waals surface area contributed by atoms with E-state index in [1.165, 1.54) is 10.7 Å². The monoisotopic (exact) mass is 406 g/mol. The van der Waals surface area contributed by atoms with Crippen LogP contribution in [-0.2, 0) is 11.8 Å². The summed E-state index contributed by atoms with van der Waals surface area (Å²) in [5.74, 6) is 0.418. The number of nitrogens with zero attached hydrogens (tertiary/aromatic N) is 3. The molecule has 0 saturated carbocycles. The van der Waals surface area contributed by atoms with Gasteiger partial charge in [-0.2, -0.15) is 5.10 Å². The average molecular weight is 406 g/mol. The Balaban J connectivity index is 1.58. The van der Waals surface area contributed by atoms with Gasteiger partial charge in [-0.25, -0.2) is 4.68 Å². The van der Waals surface area contributed by atoms with Gasteiger partial charge >= 0.3 is 0 Å². The van der Waals surface area contributed by atoms with E-state index in [1.807, 2.05) is 36.4 Å². The zero-order chi connectivity index (χ0) is 21.5. The van der Waals surface area contributed by atoms with Gasteiger partial charge in [0.1, 0.15) is 5.75 Å². The molecule has 1 amide bonds. The van der Waals surface area contributed by atoms with Gasteiger partial charge in [-0.05, 0) is 44.2 Å². The fraction of sp³-hybridized carbons (Fsp3) is 0.261. The zero-order valence-electron chi connectivity index (χ0n) is 17.5. The number of aromatic nitrogens is 2. The fourth-order valence-corrected chi connectivity index (χ4v) is 3.09. The predicted molar refractivity (Wildman–Crippen MR) is 119 cm³/mol. The molecule has 1 heterocycles. The number of hydrogen-bond donors (Lipinski definition) is 1. The van der Waals surface area contributed by atoms with Crippen molar-refractivity contribution in [3.8, 4) is 17.0 Å². The van der Waals surface area contributed by atoms with Crippen molar-refractivity contribution in [1.29, 1.82) is 0 Å². The van der Waals surface area contributed by atoms with Crippen LogP contribution >= 0.6 is 0 Å². The molecule has 3 aromatic rings. The van der Waals surface area contributed by atoms with E-state index in [9.17, 15) is 9.59 Å². The Kier molecular flexibility index (Phi) is 6.85. The molecule has 0 aliphatic heterocycles. The van der Waals surface area contributed by atoms with Crippen LogP contribution in [0.2, 0.25) is 0 Å². The number of aryl methyl sites for hydroxylation is 1. The molecule has 156 valence electrons. The van der Waals surface area contributed by atoms with Crippen molar-refractivity contribution in [2.45, 2.75) is 13.8 Å². The number of carbonyl (C=O) groups excluding carboxylic acids is 1. The first-order valence-electron chi connectivity index (χ1n) is 9.92. The molecule has 7 nitrogen and oxygen atoms in total. The average Bonchev–Trinajstić information content (AvgIpc) is 2.76. The Labute approximate surface area is 175 Å². The minimum Gasteiger partial charge on any atom is -0.484 e. The smallest absolute Gasteiger partial charge is 0.266 e. The minimum atomic E-state index is -0.240. The van der Waals surface area contributed by atoms with E-state index in [-0.39, 0.29) is 18.1 Å². The molecule has 0 fully saturated rings. The summed E-state index contributed by atoms with van der Waals surface area (Å²) in [6.45, 7) is 5.94. The topological polar surface area (TPSA) is 76.5 Å². The maximum atomic E-state index is 12.3. The SMILES string of the molecule is CCN(CC)c1cccc(OCC(=O)Nc2ccc(-c3ccc(=O)n(C)n3)cc2)c1. The van der Waals surface area contributed by atoms with E-state index >= 15 is 0 Å². The standard InChI is InChI=1S/C23H26N4O3/c1-4-27(5-2)19-7-6-8-20(15-19)30-16-22(28)24-18-11-9-17(10-12-18)21-13-14-23(29)26(3)25-21/h6-15H,4-5,16H2,1-3H3,(H,24,28). The highest BCUT2D eigenvalue weighted by Gasteiger charge is 2.07. The number of hydrogen-bond acceptors (Lipinski definition) is 5. The lowest BCUT2D eigenvalue weighted by Crippen LogP contribution is -2.22. The van der Waals surface area contributed by atoms with Crippen molar-refractivity contribution in [3.63, 3.8) is 0 Å². The zero-order valence-corrected chi connectivity index (χ0v) is 17.5. The van der Waals surface area contributed by atoms with Gasteiger partial charge in [0.15, 0.2) is 6.61 Å². The van der Waals surface area contributed by atoms with Gasteiger partial charge in [0.2, 0.25) is 0 Å². The molecule has 0 unspecified atom stereocenters. The van der Waals surface area contributed by atoms with Crippen LogP contribution in [0.3, 0.4) is 0 Å². The lowest BCUT2D eigenvalue weighted by molar-refractivity contribution is -0.118. The molecule has 2 aromatic carbocycles. The molecule has 0 bridgehead atoms. The summed E-state index contributed by atoms with van der Waals surface area (Å²) in [5, 5.41) is 7.04. The van der Waals surface area contributed by atoms with Crippen molar-refractivity contribution in [1.82, 2.24) is 9.78 Å². The Morgan fingerprint density at radius 2 is 1.80 bits per heavy atom. The minimum absolute atomic E-state index is 0.0776. The van der Waals surface area contributed by atoms with E-state index in [0.717, 1.165) is 24.3 Å². The number of anilines is 2. The molecule has 7 heteroatoms. The van der Waals surface area contributed by atoms with E-state index in [2.05, 4.69) is 29.2 Å². The number of ether oxygens (including phenoxy) is 1. The highest BCUT2D eigenvalue weighted by atomic mass is 16.5. The first kappa shape index (κ1) is 21.1. The van der Waals surface area contributed by atoms with E-state index in [0.29, 0.717) is 17.1 Å². The summed E-state index contributed by atoms with van der Waals surface area (Å²) in [7, 11) is 1.61. The van der Waals surface area contributed by atoms with E-state index in [4.69, 9.17) is 4.74 Å². The molecule has 30 heavy (non-hydrogen) atoms. The molecule has 0 atom stereocenters. The summed E-state index contributed by atoms with van der Waals surface area (Å²) >= 11 is 0. The van der Waals surface area contributed by atoms with Crippen molar-refractivity contribution in [2.24, 2.45) is 7.05 Å². The molecule has 1 N–H and O–H groups in total. The Hall–Kier alpha value is -3.61. The Morgan fingerprint density at radius 1 is 1.07 bits per heavy atom. The molecule has 3 rings (SSSR count). The van der Waals surface area contributed by atoms with E-state index in [1.54, 1.807) is 25.2 Å². The second-order valence-corrected chi connectivity index (χ2v) is 6.76. The third-order valence-corrected chi connectivity index (χ3v) is 4.74. The summed E-state index contributed by atoms with van der Waals surface area (Å²) in [6, 6.07) is 18.2. The van der Waals surface area contributed by atoms with Crippen LogP contribution in [0.15, 0.2) is 65.5 Å². The molecule has 0 saturated heterocycles. The second-order valence-electron chi connectivity index (χ2n) is 6.76. The van der Waals surface area contributed by atoms with Gasteiger partial charge in [0, 0.05) is 49.2 Å². The summed E-state index contributed by atoms with van der Waals surface area (Å²) in [5.41, 5.74) is 3.11. The number of nitrogens with one attached hydrogen (secondary N) is 1. The van der Waals surface area contributed by atoms with Crippen LogP contribution in [0.25, 0.3) is 11.3 Å². The molecular formula is C23H26N4O3. The number of amides is 1. The van der Waals surface area contributed by atoms with Gasteiger partial charge in [0.25, 0.3) is 11.5 Å². The van der Waals surface area contributed by atoms with Gasteiger partial charge in [0.05, 0.1) is 5.69 Å². The van der Waals surface area contributed by atoms with Crippen molar-refractivity contribution >= 4 is 17.3 Å². The van der Waals surface area contributed by atoms with Crippen LogP contribution in [0.1, 0.15) is 13.8 Å². The lowest BCUT2D eigenvalue weighted by atomic mass is 10.1. The maximum Gasteiger partial charge on any atom is 0.266 e. The van der Waals surface area contributed by atoms with Crippen LogP contribution in [0.4, 0.5) is 11.4 Å². The van der Waals surface area contributed by atoms with Crippen molar-refractivity contribution in [2.75, 3.05) is 29.9 Å². The molecule has 1 aromatic heterocycles. The third kappa shape index (κ3) is 5.26. The van der Waals surface area contributed by atoms with E-state index < -0.39 is 0 Å². The molecule has 0 aliphatic rings. The quantitative estimate of drug-likeness (QED) is 0.621. The van der Waals surface area contributed by atoms with Gasteiger partial charge in [-0.15, -0.1) is 0 Å². The van der Waals surface area contributed by atoms with Gasteiger partial charge in [-0.3, -0.25) is 9.59 Å². The number of carbonyl (C=O) groups is 1. The van der Waals surface area contributed by atoms with Crippen LogP contribution in [-0.4, -0.2) is 35.4 Å². The Morgan fingerprint density at radius 3 is 2.47 bits per heavy atom. The first-order valence-corrected chi connectivity index (χ1v) is 9.92. The number of benzene rings is 2. The summed E-state index contributed by atoms with van der Waals surface area (Å²) < 4.78 is 6.95. The lowest BCUT2D eigenvalue weighted by Gasteiger charge is -2.21. The summed E-state index contributed by atoms with van der Waals surface area (Å²) in [6.07, 6.45) is 0. The predicted octanol–water partition coefficient (Wildman–Crippen LogP) is 3.31. The first-order chi connectivity index (χ1) is 14.5. The molecule has 0 spiro atoms. The molecular weight excluding hydrogens is 380 g/mol. The largest absolute Gasteiger partial charge is 0.484 e. The van der Waals surface area contributed by atoms with Crippen molar-refractivity contribution < 1.29 is 9.53 Å². The fourth-order valence-electron chi connectivity index (χ4n) is 3.09. The van der Waals surface area contributed by atoms with Gasteiger partial charge < -0.3 is 15.0 Å². The Bertz CT molecular complexity index is 1060. The second kappa shape index (κ2) is 9.73. The van der Waals surface area contributed by atoms with Crippen LogP contribution in [0.5, 0.6) is 5.75 Å². The summed E-state index contributed by atoms with van der Waals surface area (Å²) in [4.78, 5) is 25.9. The van der Waals surface area contributed by atoms with Crippen molar-refractivity contribution in [3.05, 3.63) is 71.0 Å². The van der Waals surface area contributed by atoms with Crippen LogP contribution < -0.4 is 20.5 Å². The number of rotatable bonds is 8. The highest BCUT2D eigenvalue weighted by Crippen LogP contribution is 2.21. The third-order valence-electron chi connectivity index (χ3n) is 4.74. The van der Waals surface area contributed by atoms with Crippen LogP contribution in [0, 0.1) is 0 Å². The molecule has 0 aliphatic carbocycles. The molecule has 0 radical (unpaired) electrons. The van der Waals surface area contributed by atoms with Gasteiger partial charge in [-0.1, -0.05) is 18.2 Å². The maximum absolute atomic E-state index is 12.3.